The van der Waals surface area contributed by atoms with Crippen LogP contribution in [0.15, 0.2) is 51.9 Å². The van der Waals surface area contributed by atoms with Crippen molar-refractivity contribution in [2.24, 2.45) is 0 Å². The van der Waals surface area contributed by atoms with Gasteiger partial charge in [-0.15, -0.1) is 0 Å². The number of aromatic nitrogens is 3. The van der Waals surface area contributed by atoms with Crippen LogP contribution >= 0.6 is 15.9 Å². The lowest BCUT2D eigenvalue weighted by Gasteiger charge is -2.10. The summed E-state index contributed by atoms with van der Waals surface area (Å²) in [5, 5.41) is 2.75. The van der Waals surface area contributed by atoms with Crippen molar-refractivity contribution in [3.05, 3.63) is 68.7 Å². The molecule has 1 N–H and O–H groups in total. The Morgan fingerprint density at radius 3 is 2.79 bits per heavy atom. The molecule has 2 aromatic heterocycles. The van der Waals surface area contributed by atoms with E-state index in [1.807, 2.05) is 31.2 Å². The number of halogens is 1. The maximum absolute atomic E-state index is 12.5. The van der Waals surface area contributed by atoms with Crippen LogP contribution in [0, 0.1) is 0 Å². The number of pyridine rings is 1. The van der Waals surface area contributed by atoms with Crippen LogP contribution in [0.1, 0.15) is 23.0 Å². The Bertz CT molecular complexity index is 968. The first-order chi connectivity index (χ1) is 11.6. The quantitative estimate of drug-likeness (QED) is 0.747. The number of carbonyl (C=O) groups is 1. The molecule has 0 bridgehead atoms. The fourth-order valence-electron chi connectivity index (χ4n) is 2.42. The number of rotatable bonds is 4. The molecule has 0 atom stereocenters. The first-order valence-electron chi connectivity index (χ1n) is 7.49. The second kappa shape index (κ2) is 6.92. The molecule has 0 radical (unpaired) electrons. The number of benzene rings is 1. The average molecular weight is 387 g/mol. The standard InChI is InChI=1S/C17H15BrN4O2/c1-2-22-15-13(8-5-9-19-15)21-14(17(22)24)16(23)20-10-11-6-3-4-7-12(11)18/h3-9H,2,10H2,1H3,(H,20,23). The summed E-state index contributed by atoms with van der Waals surface area (Å²) in [6, 6.07) is 11.0. The second-order valence-corrected chi connectivity index (χ2v) is 5.98. The summed E-state index contributed by atoms with van der Waals surface area (Å²) in [5.74, 6) is -0.497. The van der Waals surface area contributed by atoms with Crippen LogP contribution in [0.4, 0.5) is 0 Å². The van der Waals surface area contributed by atoms with Gasteiger partial charge in [0.05, 0.1) is 0 Å². The monoisotopic (exact) mass is 386 g/mol. The third kappa shape index (κ3) is 3.07. The van der Waals surface area contributed by atoms with Crippen molar-refractivity contribution < 1.29 is 4.79 Å². The van der Waals surface area contributed by atoms with E-state index in [-0.39, 0.29) is 5.69 Å². The van der Waals surface area contributed by atoms with E-state index in [1.54, 1.807) is 18.3 Å². The molecule has 122 valence electrons. The number of amides is 1. The topological polar surface area (TPSA) is 76.9 Å². The zero-order valence-electron chi connectivity index (χ0n) is 13.0. The highest BCUT2D eigenvalue weighted by molar-refractivity contribution is 9.10. The SMILES string of the molecule is CCn1c(=O)c(C(=O)NCc2ccccc2Br)nc2cccnc21. The van der Waals surface area contributed by atoms with Gasteiger partial charge in [-0.3, -0.25) is 14.2 Å². The van der Waals surface area contributed by atoms with Gasteiger partial charge in [-0.25, -0.2) is 9.97 Å². The number of aryl methyl sites for hydroxylation is 1. The third-order valence-corrected chi connectivity index (χ3v) is 4.40. The number of hydrogen-bond donors (Lipinski definition) is 1. The average Bonchev–Trinajstić information content (AvgIpc) is 2.60. The fraction of sp³-hybridized carbons (Fsp3) is 0.176. The maximum atomic E-state index is 12.5. The molecule has 1 aromatic carbocycles. The molecular formula is C17H15BrN4O2. The molecule has 0 aliphatic carbocycles. The van der Waals surface area contributed by atoms with Crippen molar-refractivity contribution in [1.29, 1.82) is 0 Å². The van der Waals surface area contributed by atoms with E-state index in [9.17, 15) is 9.59 Å². The minimum absolute atomic E-state index is 0.121. The molecule has 7 heteroatoms. The van der Waals surface area contributed by atoms with Crippen LogP contribution < -0.4 is 10.9 Å². The molecule has 0 unspecified atom stereocenters. The summed E-state index contributed by atoms with van der Waals surface area (Å²) in [7, 11) is 0. The van der Waals surface area contributed by atoms with Crippen LogP contribution in [0.3, 0.4) is 0 Å². The van der Waals surface area contributed by atoms with E-state index >= 15 is 0 Å². The maximum Gasteiger partial charge on any atom is 0.283 e. The lowest BCUT2D eigenvalue weighted by Crippen LogP contribution is -2.34. The van der Waals surface area contributed by atoms with Crippen LogP contribution in [-0.4, -0.2) is 20.4 Å². The zero-order valence-corrected chi connectivity index (χ0v) is 14.6. The smallest absolute Gasteiger partial charge is 0.283 e. The van der Waals surface area contributed by atoms with Crippen molar-refractivity contribution >= 4 is 33.0 Å². The molecule has 0 aliphatic rings. The highest BCUT2D eigenvalue weighted by atomic mass is 79.9. The predicted octanol–water partition coefficient (Wildman–Crippen LogP) is 2.50. The molecule has 3 aromatic rings. The van der Waals surface area contributed by atoms with E-state index in [1.165, 1.54) is 4.57 Å². The Hall–Kier alpha value is -2.54. The highest BCUT2D eigenvalue weighted by Crippen LogP contribution is 2.15. The summed E-state index contributed by atoms with van der Waals surface area (Å²) < 4.78 is 2.35. The minimum Gasteiger partial charge on any atom is -0.346 e. The Kier molecular flexibility index (Phi) is 4.71. The molecule has 0 saturated carbocycles. The number of carbonyl (C=O) groups excluding carboxylic acids is 1. The van der Waals surface area contributed by atoms with Crippen molar-refractivity contribution in [1.82, 2.24) is 19.9 Å². The van der Waals surface area contributed by atoms with E-state index in [0.717, 1.165) is 10.0 Å². The van der Waals surface area contributed by atoms with E-state index in [4.69, 9.17) is 0 Å². The molecule has 0 spiro atoms. The molecule has 2 heterocycles. The van der Waals surface area contributed by atoms with E-state index < -0.39 is 11.5 Å². The molecule has 1 amide bonds. The number of fused-ring (bicyclic) bond motifs is 1. The van der Waals surface area contributed by atoms with E-state index in [2.05, 4.69) is 31.2 Å². The minimum atomic E-state index is -0.497. The Morgan fingerprint density at radius 2 is 2.04 bits per heavy atom. The summed E-state index contributed by atoms with van der Waals surface area (Å²) in [5.41, 5.74) is 1.36. The Labute approximate surface area is 146 Å². The summed E-state index contributed by atoms with van der Waals surface area (Å²) in [6.45, 7) is 2.55. The van der Waals surface area contributed by atoms with Crippen LogP contribution in [0.2, 0.25) is 0 Å². The van der Waals surface area contributed by atoms with Gasteiger partial charge < -0.3 is 5.32 Å². The second-order valence-electron chi connectivity index (χ2n) is 5.13. The molecule has 0 saturated heterocycles. The molecular weight excluding hydrogens is 372 g/mol. The third-order valence-electron chi connectivity index (χ3n) is 3.63. The number of nitrogens with zero attached hydrogens (tertiary/aromatic N) is 3. The van der Waals surface area contributed by atoms with E-state index in [0.29, 0.717) is 24.3 Å². The van der Waals surface area contributed by atoms with Gasteiger partial charge in [-0.2, -0.15) is 0 Å². The Balaban J connectivity index is 1.94. The van der Waals surface area contributed by atoms with Gasteiger partial charge in [0.1, 0.15) is 5.52 Å². The van der Waals surface area contributed by atoms with Gasteiger partial charge in [0.15, 0.2) is 11.3 Å². The van der Waals surface area contributed by atoms with Gasteiger partial charge in [-0.05, 0) is 30.7 Å². The first-order valence-corrected chi connectivity index (χ1v) is 8.28. The van der Waals surface area contributed by atoms with Crippen LogP contribution in [-0.2, 0) is 13.1 Å². The van der Waals surface area contributed by atoms with Crippen molar-refractivity contribution in [2.75, 3.05) is 0 Å². The highest BCUT2D eigenvalue weighted by Gasteiger charge is 2.17. The summed E-state index contributed by atoms with van der Waals surface area (Å²) in [6.07, 6.45) is 1.60. The van der Waals surface area contributed by atoms with Gasteiger partial charge >= 0.3 is 0 Å². The van der Waals surface area contributed by atoms with Gasteiger partial charge in [0.25, 0.3) is 11.5 Å². The Morgan fingerprint density at radius 1 is 1.25 bits per heavy atom. The van der Waals surface area contributed by atoms with Crippen LogP contribution in [0.5, 0.6) is 0 Å². The van der Waals surface area contributed by atoms with Crippen LogP contribution in [0.25, 0.3) is 11.2 Å². The molecule has 3 rings (SSSR count). The zero-order chi connectivity index (χ0) is 17.1. The van der Waals surface area contributed by atoms with Gasteiger partial charge in [-0.1, -0.05) is 34.1 Å². The van der Waals surface area contributed by atoms with Crippen molar-refractivity contribution in [2.45, 2.75) is 20.0 Å². The number of nitrogens with one attached hydrogen (secondary N) is 1. The molecule has 0 fully saturated rings. The first kappa shape index (κ1) is 16.3. The lowest BCUT2D eigenvalue weighted by atomic mass is 10.2. The van der Waals surface area contributed by atoms with Crippen molar-refractivity contribution in [3.8, 4) is 0 Å². The number of hydrogen-bond acceptors (Lipinski definition) is 4. The summed E-state index contributed by atoms with van der Waals surface area (Å²) in [4.78, 5) is 33.3. The molecule has 24 heavy (non-hydrogen) atoms. The largest absolute Gasteiger partial charge is 0.346 e. The predicted molar refractivity (Wildman–Crippen MR) is 94.8 cm³/mol. The lowest BCUT2D eigenvalue weighted by molar-refractivity contribution is 0.0944. The fourth-order valence-corrected chi connectivity index (χ4v) is 2.84. The van der Waals surface area contributed by atoms with Gasteiger partial charge in [0, 0.05) is 23.8 Å². The normalized spacial score (nSPS) is 10.8. The summed E-state index contributed by atoms with van der Waals surface area (Å²) >= 11 is 3.43. The molecule has 6 nitrogen and oxygen atoms in total. The molecule has 0 aliphatic heterocycles. The van der Waals surface area contributed by atoms with Gasteiger partial charge in [0.2, 0.25) is 0 Å². The van der Waals surface area contributed by atoms with Crippen molar-refractivity contribution in [3.63, 3.8) is 0 Å².